The van der Waals surface area contributed by atoms with Gasteiger partial charge in [-0.15, -0.1) is 0 Å². The van der Waals surface area contributed by atoms with Crippen LogP contribution in [-0.2, 0) is 4.79 Å². The van der Waals surface area contributed by atoms with Gasteiger partial charge in [-0.3, -0.25) is 19.8 Å². The van der Waals surface area contributed by atoms with Gasteiger partial charge in [0.2, 0.25) is 5.91 Å². The quantitative estimate of drug-likeness (QED) is 0.596. The first kappa shape index (κ1) is 22.8. The Kier molecular flexibility index (Phi) is 5.69. The molecule has 35 heavy (non-hydrogen) atoms. The Hall–Kier alpha value is -2.69. The lowest BCUT2D eigenvalue weighted by Crippen LogP contribution is -2.69. The number of β-amino-alcohol motifs (C(OH)–C–C–N with tert-alkyl or cyclic N) is 1. The number of oxazole rings is 1. The number of anilines is 1. The third kappa shape index (κ3) is 4.39. The molecule has 4 aliphatic rings. The van der Waals surface area contributed by atoms with Gasteiger partial charge in [-0.1, -0.05) is 12.8 Å². The van der Waals surface area contributed by atoms with E-state index in [1.54, 1.807) is 12.1 Å². The first-order valence-electron chi connectivity index (χ1n) is 12.8. The van der Waals surface area contributed by atoms with Crippen molar-refractivity contribution in [2.75, 3.05) is 44.2 Å². The molecule has 4 fully saturated rings. The van der Waals surface area contributed by atoms with Crippen molar-refractivity contribution in [3.8, 4) is 0 Å². The van der Waals surface area contributed by atoms with Gasteiger partial charge < -0.3 is 24.6 Å². The highest BCUT2D eigenvalue weighted by atomic mass is 16.4. The van der Waals surface area contributed by atoms with Gasteiger partial charge in [0.15, 0.2) is 5.58 Å². The molecule has 1 aromatic heterocycles. The van der Waals surface area contributed by atoms with Crippen molar-refractivity contribution >= 4 is 28.9 Å². The molecular weight excluding hydrogens is 448 g/mol. The molecule has 4 unspecified atom stereocenters. The van der Waals surface area contributed by atoms with E-state index >= 15 is 0 Å². The van der Waals surface area contributed by atoms with Crippen LogP contribution in [0.15, 0.2) is 22.6 Å². The Balaban J connectivity index is 1.09. The highest BCUT2D eigenvalue weighted by Crippen LogP contribution is 2.30. The number of aliphatic hydroxyl groups is 1. The molecule has 0 spiro atoms. The van der Waals surface area contributed by atoms with E-state index in [0.29, 0.717) is 68.4 Å². The summed E-state index contributed by atoms with van der Waals surface area (Å²) in [6.45, 7) is 5.58. The number of hydrogen-bond donors (Lipinski definition) is 3. The fourth-order valence-corrected chi connectivity index (χ4v) is 5.98. The van der Waals surface area contributed by atoms with Crippen LogP contribution in [0.1, 0.15) is 49.4 Å². The Labute approximate surface area is 204 Å². The van der Waals surface area contributed by atoms with Gasteiger partial charge in [-0.05, 0) is 44.4 Å². The van der Waals surface area contributed by atoms with Crippen molar-refractivity contribution in [3.63, 3.8) is 0 Å². The predicted octanol–water partition coefficient (Wildman–Crippen LogP) is 1.11. The average molecular weight is 483 g/mol. The lowest BCUT2D eigenvalue weighted by molar-refractivity contribution is -0.134. The zero-order chi connectivity index (χ0) is 24.2. The van der Waals surface area contributed by atoms with Gasteiger partial charge >= 0.3 is 0 Å². The van der Waals surface area contributed by atoms with E-state index in [1.165, 1.54) is 6.42 Å². The molecular formula is C25H34N6O4. The molecule has 188 valence electrons. The lowest BCUT2D eigenvalue weighted by atomic mass is 9.82. The average Bonchev–Trinajstić information content (AvgIpc) is 3.46. The summed E-state index contributed by atoms with van der Waals surface area (Å²) in [6, 6.07) is 6.13. The van der Waals surface area contributed by atoms with Crippen molar-refractivity contribution in [1.29, 1.82) is 0 Å². The second kappa shape index (κ2) is 8.76. The normalized spacial score (nSPS) is 32.1. The Morgan fingerprint density at radius 3 is 2.74 bits per heavy atom. The first-order valence-corrected chi connectivity index (χ1v) is 12.8. The van der Waals surface area contributed by atoms with Crippen LogP contribution < -0.4 is 15.5 Å². The number of benzene rings is 1. The molecule has 1 saturated carbocycles. The zero-order valence-electron chi connectivity index (χ0n) is 20.2. The minimum absolute atomic E-state index is 0.0263. The third-order valence-electron chi connectivity index (χ3n) is 8.07. The van der Waals surface area contributed by atoms with Crippen LogP contribution in [0.4, 0.5) is 6.01 Å². The number of hydrogen-bond acceptors (Lipinski definition) is 8. The largest absolute Gasteiger partial charge is 0.423 e. The number of nitrogens with zero attached hydrogens (tertiary/aromatic N) is 4. The van der Waals surface area contributed by atoms with Gasteiger partial charge in [0, 0.05) is 44.3 Å². The zero-order valence-corrected chi connectivity index (χ0v) is 20.2. The molecule has 10 nitrogen and oxygen atoms in total. The van der Waals surface area contributed by atoms with Crippen LogP contribution in [0.25, 0.3) is 11.1 Å². The first-order chi connectivity index (χ1) is 16.9. The van der Waals surface area contributed by atoms with Crippen LogP contribution in [0, 0.1) is 5.92 Å². The minimum atomic E-state index is -0.738. The number of fused-ring (bicyclic) bond motifs is 2. The van der Waals surface area contributed by atoms with Gasteiger partial charge in [0.1, 0.15) is 11.8 Å². The van der Waals surface area contributed by atoms with Crippen LogP contribution >= 0.6 is 0 Å². The molecule has 4 heterocycles. The molecule has 3 aliphatic heterocycles. The maximum absolute atomic E-state index is 13.2. The fraction of sp³-hybridized carbons (Fsp3) is 0.640. The van der Waals surface area contributed by atoms with E-state index in [4.69, 9.17) is 4.42 Å². The topological polar surface area (TPSA) is 114 Å². The standard InChI is InChI=1S/C25H34N6O4/c1-25(34)8-9-31(15-25)24-27-19-7-6-16(14-20(19)35-24)22(33)29-10-12-30(13-11-29)23-26-18-5-3-2-4-17(18)21(32)28-23/h6-7,14,17-18,23,26,34H,2-5,8-13,15H2,1H3,(H,28,32). The van der Waals surface area contributed by atoms with E-state index in [-0.39, 0.29) is 30.1 Å². The Morgan fingerprint density at radius 1 is 1.17 bits per heavy atom. The van der Waals surface area contributed by atoms with E-state index in [1.807, 2.05) is 22.8 Å². The number of carbonyl (C=O) groups excluding carboxylic acids is 2. The molecule has 4 atom stereocenters. The Bertz CT molecular complexity index is 1120. The summed E-state index contributed by atoms with van der Waals surface area (Å²) in [5, 5.41) is 17.0. The van der Waals surface area contributed by atoms with Gasteiger partial charge in [0.25, 0.3) is 11.9 Å². The summed E-state index contributed by atoms with van der Waals surface area (Å²) in [5.74, 6) is 0.226. The van der Waals surface area contributed by atoms with Crippen LogP contribution in [-0.4, -0.2) is 88.9 Å². The van der Waals surface area contributed by atoms with Crippen molar-refractivity contribution in [3.05, 3.63) is 23.8 Å². The van der Waals surface area contributed by atoms with E-state index < -0.39 is 5.60 Å². The smallest absolute Gasteiger partial charge is 0.298 e. The fourth-order valence-electron chi connectivity index (χ4n) is 5.98. The monoisotopic (exact) mass is 482 g/mol. The molecule has 0 radical (unpaired) electrons. The van der Waals surface area contributed by atoms with Crippen LogP contribution in [0.5, 0.6) is 0 Å². The molecule has 3 saturated heterocycles. The number of carbonyl (C=O) groups is 2. The van der Waals surface area contributed by atoms with Crippen molar-refractivity contribution < 1.29 is 19.1 Å². The highest BCUT2D eigenvalue weighted by Gasteiger charge is 2.40. The molecule has 6 rings (SSSR count). The number of rotatable bonds is 3. The summed E-state index contributed by atoms with van der Waals surface area (Å²) >= 11 is 0. The summed E-state index contributed by atoms with van der Waals surface area (Å²) in [6.07, 6.45) is 4.83. The second-order valence-corrected chi connectivity index (χ2v) is 10.8. The number of piperazine rings is 1. The molecule has 2 aromatic rings. The van der Waals surface area contributed by atoms with Crippen molar-refractivity contribution in [2.45, 2.75) is 57.0 Å². The summed E-state index contributed by atoms with van der Waals surface area (Å²) in [4.78, 5) is 36.4. The molecule has 1 aliphatic carbocycles. The summed E-state index contributed by atoms with van der Waals surface area (Å²) in [5.41, 5.74) is 1.12. The molecule has 2 amide bonds. The van der Waals surface area contributed by atoms with Crippen LogP contribution in [0.3, 0.4) is 0 Å². The highest BCUT2D eigenvalue weighted by molar-refractivity contribution is 5.97. The molecule has 10 heteroatoms. The summed E-state index contributed by atoms with van der Waals surface area (Å²) < 4.78 is 5.95. The summed E-state index contributed by atoms with van der Waals surface area (Å²) in [7, 11) is 0. The molecule has 1 aromatic carbocycles. The SMILES string of the molecule is CC1(O)CCN(c2nc3ccc(C(=O)N4CCN(C5NC(=O)C6CCCCC6N5)CC4)cc3o2)C1. The van der Waals surface area contributed by atoms with Crippen LogP contribution in [0.2, 0.25) is 0 Å². The second-order valence-electron chi connectivity index (χ2n) is 10.8. The molecule has 3 N–H and O–H groups in total. The van der Waals surface area contributed by atoms with Crippen molar-refractivity contribution in [2.24, 2.45) is 5.92 Å². The number of amides is 2. The van der Waals surface area contributed by atoms with Gasteiger partial charge in [-0.2, -0.15) is 4.98 Å². The van der Waals surface area contributed by atoms with E-state index in [0.717, 1.165) is 19.3 Å². The lowest BCUT2D eigenvalue weighted by Gasteiger charge is -2.46. The minimum Gasteiger partial charge on any atom is -0.423 e. The van der Waals surface area contributed by atoms with Gasteiger partial charge in [0.05, 0.1) is 18.1 Å². The van der Waals surface area contributed by atoms with Crippen molar-refractivity contribution in [1.82, 2.24) is 25.4 Å². The third-order valence-corrected chi connectivity index (χ3v) is 8.07. The molecule has 0 bridgehead atoms. The maximum Gasteiger partial charge on any atom is 0.298 e. The van der Waals surface area contributed by atoms with Gasteiger partial charge in [-0.25, -0.2) is 0 Å². The van der Waals surface area contributed by atoms with E-state index in [9.17, 15) is 14.7 Å². The number of nitrogens with one attached hydrogen (secondary N) is 2. The Morgan fingerprint density at radius 2 is 1.97 bits per heavy atom. The number of aromatic nitrogens is 1. The predicted molar refractivity (Wildman–Crippen MR) is 130 cm³/mol. The van der Waals surface area contributed by atoms with E-state index in [2.05, 4.69) is 20.5 Å². The maximum atomic E-state index is 13.2.